The normalized spacial score (nSPS) is 10.9. The zero-order chi connectivity index (χ0) is 19.7. The van der Waals surface area contributed by atoms with Crippen LogP contribution >= 0.6 is 54.5 Å². The molecule has 4 aromatic rings. The monoisotopic (exact) mass is 533 g/mol. The Morgan fingerprint density at radius 1 is 0.750 bits per heavy atom. The predicted molar refractivity (Wildman–Crippen MR) is 123 cm³/mol. The molecule has 0 spiro atoms. The molecule has 4 rings (SSSR count). The smallest absolute Gasteiger partial charge is 0.160 e. The molecule has 0 radical (unpaired) electrons. The molecule has 0 saturated heterocycles. The molecular formula is C21H13Br2NO2S2. The molecule has 28 heavy (non-hydrogen) atoms. The zero-order valence-corrected chi connectivity index (χ0v) is 19.2. The van der Waals surface area contributed by atoms with Gasteiger partial charge in [-0.25, -0.2) is 0 Å². The third-order valence-electron chi connectivity index (χ3n) is 4.28. The van der Waals surface area contributed by atoms with Gasteiger partial charge in [-0.2, -0.15) is 0 Å². The summed E-state index contributed by atoms with van der Waals surface area (Å²) in [5.74, 6) is 0. The number of hydrogen-bond donors (Lipinski definition) is 0. The molecule has 3 aromatic heterocycles. The van der Waals surface area contributed by atoms with Gasteiger partial charge in [0.15, 0.2) is 12.6 Å². The van der Waals surface area contributed by atoms with Crippen LogP contribution in [0, 0.1) is 0 Å². The first-order valence-corrected chi connectivity index (χ1v) is 11.6. The highest BCUT2D eigenvalue weighted by atomic mass is 79.9. The fourth-order valence-electron chi connectivity index (χ4n) is 3.05. The first-order chi connectivity index (χ1) is 13.6. The van der Waals surface area contributed by atoms with Crippen molar-refractivity contribution >= 4 is 67.1 Å². The average Bonchev–Trinajstić information content (AvgIpc) is 3.42. The number of benzene rings is 1. The lowest BCUT2D eigenvalue weighted by molar-refractivity contribution is 0.111. The second-order valence-electron chi connectivity index (χ2n) is 6.04. The average molecular weight is 535 g/mol. The van der Waals surface area contributed by atoms with Gasteiger partial charge in [-0.3, -0.25) is 9.59 Å². The predicted octanol–water partition coefficient (Wildman–Crippen LogP) is 7.14. The van der Waals surface area contributed by atoms with Crippen molar-refractivity contribution in [3.63, 3.8) is 0 Å². The van der Waals surface area contributed by atoms with E-state index in [1.807, 2.05) is 42.5 Å². The Balaban J connectivity index is 1.95. The van der Waals surface area contributed by atoms with E-state index in [0.717, 1.165) is 42.7 Å². The van der Waals surface area contributed by atoms with Crippen LogP contribution in [0.5, 0.6) is 0 Å². The van der Waals surface area contributed by atoms with Crippen LogP contribution in [0.25, 0.3) is 21.1 Å². The summed E-state index contributed by atoms with van der Waals surface area (Å²) < 4.78 is 4.09. The molecule has 1 aromatic carbocycles. The molecule has 0 atom stereocenters. The first-order valence-electron chi connectivity index (χ1n) is 8.34. The Labute approximate surface area is 186 Å². The Bertz CT molecular complexity index is 1090. The number of thiophene rings is 2. The minimum atomic E-state index is 0.665. The van der Waals surface area contributed by atoms with Gasteiger partial charge >= 0.3 is 0 Å². The summed E-state index contributed by atoms with van der Waals surface area (Å²) >= 11 is 10.4. The van der Waals surface area contributed by atoms with Crippen molar-refractivity contribution in [1.82, 2.24) is 4.57 Å². The number of aldehydes is 2. The lowest BCUT2D eigenvalue weighted by Crippen LogP contribution is -2.03. The molecule has 3 nitrogen and oxygen atoms in total. The fraction of sp³-hybridized carbons (Fsp3) is 0.0476. The van der Waals surface area contributed by atoms with Crippen LogP contribution in [-0.2, 0) is 6.54 Å². The highest BCUT2D eigenvalue weighted by molar-refractivity contribution is 9.13. The summed E-state index contributed by atoms with van der Waals surface area (Å²) in [6.45, 7) is 0.665. The number of rotatable bonds is 6. The molecule has 0 fully saturated rings. The zero-order valence-electron chi connectivity index (χ0n) is 14.4. The highest BCUT2D eigenvalue weighted by Crippen LogP contribution is 2.47. The van der Waals surface area contributed by atoms with Crippen LogP contribution in [0.15, 0.2) is 63.5 Å². The van der Waals surface area contributed by atoms with E-state index in [2.05, 4.69) is 48.6 Å². The SMILES string of the molecule is O=Cc1ccc(-c2c(Br)c(Br)c(-c3ccc(C=O)s3)n2Cc2ccccc2)s1. The standard InChI is InChI=1S/C21H13Br2NO2S2/c22-18-19(23)21(17-9-7-15(12-26)28-17)24(10-13-4-2-1-3-5-13)20(18)16-8-6-14(11-25)27-16/h1-9,11-12H,10H2. The number of carbonyl (C=O) groups excluding carboxylic acids is 2. The third-order valence-corrected chi connectivity index (χ3v) is 8.40. The van der Waals surface area contributed by atoms with E-state index < -0.39 is 0 Å². The maximum Gasteiger partial charge on any atom is 0.160 e. The lowest BCUT2D eigenvalue weighted by atomic mass is 10.2. The molecule has 0 amide bonds. The Morgan fingerprint density at radius 3 is 1.68 bits per heavy atom. The second kappa shape index (κ2) is 8.29. The van der Waals surface area contributed by atoms with Crippen molar-refractivity contribution in [1.29, 1.82) is 0 Å². The molecule has 0 bridgehead atoms. The molecule has 0 aliphatic rings. The Kier molecular flexibility index (Phi) is 5.78. The minimum Gasteiger partial charge on any atom is -0.333 e. The van der Waals surface area contributed by atoms with Gasteiger partial charge in [0.2, 0.25) is 0 Å². The first kappa shape index (κ1) is 19.5. The maximum atomic E-state index is 11.2. The molecule has 0 aliphatic carbocycles. The van der Waals surface area contributed by atoms with Gasteiger partial charge in [0, 0.05) is 6.54 Å². The summed E-state index contributed by atoms with van der Waals surface area (Å²) in [5, 5.41) is 0. The van der Waals surface area contributed by atoms with Gasteiger partial charge in [-0.15, -0.1) is 22.7 Å². The summed E-state index contributed by atoms with van der Waals surface area (Å²) in [6.07, 6.45) is 1.75. The van der Waals surface area contributed by atoms with Crippen LogP contribution in [0.1, 0.15) is 24.9 Å². The van der Waals surface area contributed by atoms with Crippen LogP contribution in [0.2, 0.25) is 0 Å². The van der Waals surface area contributed by atoms with E-state index in [4.69, 9.17) is 0 Å². The molecular weight excluding hydrogens is 522 g/mol. The third kappa shape index (κ3) is 3.59. The number of carbonyl (C=O) groups is 2. The van der Waals surface area contributed by atoms with Crippen molar-refractivity contribution in [2.24, 2.45) is 0 Å². The van der Waals surface area contributed by atoms with E-state index in [9.17, 15) is 9.59 Å². The van der Waals surface area contributed by atoms with Gasteiger partial charge in [-0.05, 0) is 61.7 Å². The summed E-state index contributed by atoms with van der Waals surface area (Å²) in [4.78, 5) is 25.8. The molecule has 0 aliphatic heterocycles. The molecule has 7 heteroatoms. The Hall–Kier alpha value is -1.80. The molecule has 3 heterocycles. The molecule has 0 N–H and O–H groups in total. The van der Waals surface area contributed by atoms with E-state index >= 15 is 0 Å². The van der Waals surface area contributed by atoms with E-state index in [-0.39, 0.29) is 0 Å². The minimum absolute atomic E-state index is 0.665. The van der Waals surface area contributed by atoms with Gasteiger partial charge in [0.1, 0.15) is 0 Å². The van der Waals surface area contributed by atoms with Crippen LogP contribution in [0.3, 0.4) is 0 Å². The quantitative estimate of drug-likeness (QED) is 0.246. The molecule has 0 saturated carbocycles. The molecule has 0 unspecified atom stereocenters. The largest absolute Gasteiger partial charge is 0.333 e. The van der Waals surface area contributed by atoms with Gasteiger partial charge < -0.3 is 4.57 Å². The van der Waals surface area contributed by atoms with E-state index in [0.29, 0.717) is 16.3 Å². The number of aromatic nitrogens is 1. The topological polar surface area (TPSA) is 39.1 Å². The van der Waals surface area contributed by atoms with Crippen molar-refractivity contribution in [3.05, 3.63) is 78.9 Å². The van der Waals surface area contributed by atoms with E-state index in [1.54, 1.807) is 0 Å². The lowest BCUT2D eigenvalue weighted by Gasteiger charge is -2.13. The van der Waals surface area contributed by atoms with E-state index in [1.165, 1.54) is 28.2 Å². The van der Waals surface area contributed by atoms with Crippen LogP contribution in [-0.4, -0.2) is 17.1 Å². The van der Waals surface area contributed by atoms with Crippen molar-refractivity contribution in [2.75, 3.05) is 0 Å². The van der Waals surface area contributed by atoms with Gasteiger partial charge in [0.25, 0.3) is 0 Å². The molecule has 140 valence electrons. The summed E-state index contributed by atoms with van der Waals surface area (Å²) in [6, 6.07) is 17.8. The number of hydrogen-bond acceptors (Lipinski definition) is 4. The summed E-state index contributed by atoms with van der Waals surface area (Å²) in [7, 11) is 0. The van der Waals surface area contributed by atoms with Crippen LogP contribution < -0.4 is 0 Å². The van der Waals surface area contributed by atoms with Crippen molar-refractivity contribution in [2.45, 2.75) is 6.54 Å². The second-order valence-corrected chi connectivity index (χ2v) is 9.85. The van der Waals surface area contributed by atoms with Gasteiger partial charge in [-0.1, -0.05) is 30.3 Å². The van der Waals surface area contributed by atoms with Gasteiger partial charge in [0.05, 0.1) is 39.8 Å². The highest BCUT2D eigenvalue weighted by Gasteiger charge is 2.24. The number of halogens is 2. The van der Waals surface area contributed by atoms with Crippen LogP contribution in [0.4, 0.5) is 0 Å². The van der Waals surface area contributed by atoms with Crippen molar-refractivity contribution < 1.29 is 9.59 Å². The fourth-order valence-corrected chi connectivity index (χ4v) is 6.31. The number of nitrogens with zero attached hydrogens (tertiary/aromatic N) is 1. The maximum absolute atomic E-state index is 11.2. The summed E-state index contributed by atoms with van der Waals surface area (Å²) in [5.41, 5.74) is 3.18. The van der Waals surface area contributed by atoms with Crippen molar-refractivity contribution in [3.8, 4) is 21.1 Å². The Morgan fingerprint density at radius 2 is 1.25 bits per heavy atom.